The van der Waals surface area contributed by atoms with Crippen molar-refractivity contribution in [3.63, 3.8) is 0 Å². The fourth-order valence-corrected chi connectivity index (χ4v) is 1.50. The van der Waals surface area contributed by atoms with Gasteiger partial charge in [0.05, 0.1) is 6.10 Å². The minimum absolute atomic E-state index is 0.161. The molecule has 0 heterocycles. The normalized spacial score (nSPS) is 19.6. The topological polar surface area (TPSA) is 69.7 Å². The number of ketones is 1. The Bertz CT molecular complexity index is 406. The van der Waals surface area contributed by atoms with Gasteiger partial charge in [0, 0.05) is 25.0 Å². The summed E-state index contributed by atoms with van der Waals surface area (Å²) in [5, 5.41) is 0. The zero-order valence-corrected chi connectivity index (χ0v) is 10.5. The Labute approximate surface area is 105 Å². The maximum atomic E-state index is 11.4. The molecule has 1 rings (SSSR count). The van der Waals surface area contributed by atoms with Gasteiger partial charge in [-0.3, -0.25) is 4.79 Å². The third kappa shape index (κ3) is 4.53. The average Bonchev–Trinajstić information content (AvgIpc) is 2.53. The molecule has 0 N–H and O–H groups in total. The molecule has 1 atom stereocenters. The Kier molecular flexibility index (Phi) is 4.83. The summed E-state index contributed by atoms with van der Waals surface area (Å²) in [5.74, 6) is -1.51. The first-order valence-electron chi connectivity index (χ1n) is 5.67. The molecule has 0 amide bonds. The summed E-state index contributed by atoms with van der Waals surface area (Å²) >= 11 is 0. The van der Waals surface area contributed by atoms with Crippen LogP contribution in [0.15, 0.2) is 24.3 Å². The van der Waals surface area contributed by atoms with E-state index in [1.54, 1.807) is 13.8 Å². The lowest BCUT2D eigenvalue weighted by atomic mass is 10.3. The van der Waals surface area contributed by atoms with Crippen LogP contribution in [-0.2, 0) is 23.9 Å². The monoisotopic (exact) mass is 252 g/mol. The van der Waals surface area contributed by atoms with Crippen LogP contribution in [0.5, 0.6) is 0 Å². The van der Waals surface area contributed by atoms with Crippen molar-refractivity contribution in [1.29, 1.82) is 0 Å². The van der Waals surface area contributed by atoms with E-state index < -0.39 is 18.0 Å². The number of carbonyl (C=O) groups excluding carboxylic acids is 3. The fraction of sp³-hybridized carbons (Fsp3) is 0.462. The van der Waals surface area contributed by atoms with E-state index in [-0.39, 0.29) is 18.3 Å². The Hall–Kier alpha value is -1.91. The highest BCUT2D eigenvalue weighted by atomic mass is 16.6. The molecule has 0 aromatic heterocycles. The number of esters is 2. The molecule has 0 aliphatic heterocycles. The van der Waals surface area contributed by atoms with Gasteiger partial charge in [-0.1, -0.05) is 12.2 Å². The van der Waals surface area contributed by atoms with Gasteiger partial charge in [-0.25, -0.2) is 9.59 Å². The average molecular weight is 252 g/mol. The van der Waals surface area contributed by atoms with Gasteiger partial charge in [0.2, 0.25) is 0 Å². The lowest BCUT2D eigenvalue weighted by Gasteiger charge is -2.07. The highest BCUT2D eigenvalue weighted by molar-refractivity contribution is 5.95. The van der Waals surface area contributed by atoms with Crippen LogP contribution in [0, 0.1) is 0 Å². The molecule has 1 fully saturated rings. The second-order valence-electron chi connectivity index (χ2n) is 4.34. The highest BCUT2D eigenvalue weighted by Crippen LogP contribution is 2.22. The van der Waals surface area contributed by atoms with Gasteiger partial charge < -0.3 is 9.47 Å². The third-order valence-corrected chi connectivity index (χ3v) is 2.22. The van der Waals surface area contributed by atoms with Crippen molar-refractivity contribution >= 4 is 17.7 Å². The van der Waals surface area contributed by atoms with E-state index in [1.807, 2.05) is 0 Å². The largest absolute Gasteiger partial charge is 0.460 e. The quantitative estimate of drug-likeness (QED) is 0.429. The summed E-state index contributed by atoms with van der Waals surface area (Å²) in [6.07, 6.45) is 1.52. The Morgan fingerprint density at radius 1 is 1.33 bits per heavy atom. The van der Waals surface area contributed by atoms with E-state index >= 15 is 0 Å². The Balaban J connectivity index is 2.42. The number of hydrogen-bond donors (Lipinski definition) is 0. The highest BCUT2D eigenvalue weighted by Gasteiger charge is 2.29. The molecular formula is C13H16O5. The Morgan fingerprint density at radius 2 is 1.94 bits per heavy atom. The van der Waals surface area contributed by atoms with Gasteiger partial charge in [0.15, 0.2) is 11.9 Å². The molecule has 1 unspecified atom stereocenters. The first kappa shape index (κ1) is 14.2. The summed E-state index contributed by atoms with van der Waals surface area (Å²) in [6, 6.07) is 0. The predicted octanol–water partition coefficient (Wildman–Crippen LogP) is 1.33. The molecule has 5 heteroatoms. The summed E-state index contributed by atoms with van der Waals surface area (Å²) < 4.78 is 9.70. The molecule has 1 aliphatic carbocycles. The number of rotatable bonds is 4. The number of ether oxygens (including phenoxy) is 2. The predicted molar refractivity (Wildman–Crippen MR) is 63.6 cm³/mol. The fourth-order valence-electron chi connectivity index (χ4n) is 1.50. The van der Waals surface area contributed by atoms with Crippen molar-refractivity contribution in [3.05, 3.63) is 24.3 Å². The molecule has 0 radical (unpaired) electrons. The van der Waals surface area contributed by atoms with Crippen molar-refractivity contribution in [2.45, 2.75) is 38.9 Å². The van der Waals surface area contributed by atoms with Crippen molar-refractivity contribution in [3.8, 4) is 0 Å². The van der Waals surface area contributed by atoms with Gasteiger partial charge >= 0.3 is 11.9 Å². The zero-order chi connectivity index (χ0) is 13.7. The van der Waals surface area contributed by atoms with Crippen LogP contribution in [0.4, 0.5) is 0 Å². The van der Waals surface area contributed by atoms with Gasteiger partial charge in [0.1, 0.15) is 0 Å². The minimum atomic E-state index is -0.768. The summed E-state index contributed by atoms with van der Waals surface area (Å²) in [7, 11) is 0. The van der Waals surface area contributed by atoms with E-state index in [4.69, 9.17) is 9.47 Å². The third-order valence-electron chi connectivity index (χ3n) is 2.22. The number of Topliss-reactive ketones (excluding diaryl/α,β-unsaturated/α-hetero) is 1. The molecule has 0 spiro atoms. The first-order chi connectivity index (χ1) is 8.38. The zero-order valence-electron chi connectivity index (χ0n) is 10.5. The van der Waals surface area contributed by atoms with Gasteiger partial charge in [-0.15, -0.1) is 0 Å². The van der Waals surface area contributed by atoms with Crippen molar-refractivity contribution in [2.24, 2.45) is 0 Å². The molecule has 5 nitrogen and oxygen atoms in total. The van der Waals surface area contributed by atoms with Crippen molar-refractivity contribution < 1.29 is 23.9 Å². The summed E-state index contributed by atoms with van der Waals surface area (Å²) in [4.78, 5) is 33.8. The smallest absolute Gasteiger partial charge is 0.331 e. The van der Waals surface area contributed by atoms with E-state index in [0.717, 1.165) is 17.7 Å². The van der Waals surface area contributed by atoms with Crippen molar-refractivity contribution in [2.75, 3.05) is 0 Å². The van der Waals surface area contributed by atoms with Crippen LogP contribution in [0.3, 0.4) is 0 Å². The molecule has 1 aliphatic rings. The van der Waals surface area contributed by atoms with E-state index in [2.05, 4.69) is 6.58 Å². The SMILES string of the molecule is C=C1CC(=O)C(OC(=O)/C=C/C(=O)OC(C)C)C1. The Morgan fingerprint density at radius 3 is 2.44 bits per heavy atom. The van der Waals surface area contributed by atoms with Crippen molar-refractivity contribution in [1.82, 2.24) is 0 Å². The standard InChI is InChI=1S/C13H16O5/c1-8(2)17-12(15)4-5-13(16)18-11-7-9(3)6-10(11)14/h4-5,8,11H,3,6-7H2,1-2H3/b5-4+. The van der Waals surface area contributed by atoms with Crippen LogP contribution < -0.4 is 0 Å². The van der Waals surface area contributed by atoms with Crippen LogP contribution in [-0.4, -0.2) is 29.9 Å². The lowest BCUT2D eigenvalue weighted by Crippen LogP contribution is -2.21. The molecule has 1 saturated carbocycles. The molecule has 98 valence electrons. The summed E-state index contributed by atoms with van der Waals surface area (Å²) in [6.45, 7) is 7.07. The van der Waals surface area contributed by atoms with E-state index in [9.17, 15) is 14.4 Å². The number of carbonyl (C=O) groups is 3. The van der Waals surface area contributed by atoms with Crippen LogP contribution in [0.25, 0.3) is 0 Å². The van der Waals surface area contributed by atoms with Crippen LogP contribution in [0.1, 0.15) is 26.7 Å². The van der Waals surface area contributed by atoms with Crippen LogP contribution in [0.2, 0.25) is 0 Å². The molecule has 0 bridgehead atoms. The molecule has 0 aromatic rings. The van der Waals surface area contributed by atoms with Gasteiger partial charge in [0.25, 0.3) is 0 Å². The van der Waals surface area contributed by atoms with Gasteiger partial charge in [-0.2, -0.15) is 0 Å². The maximum Gasteiger partial charge on any atom is 0.331 e. The number of hydrogen-bond acceptors (Lipinski definition) is 5. The minimum Gasteiger partial charge on any atom is -0.460 e. The van der Waals surface area contributed by atoms with E-state index in [0.29, 0.717) is 6.42 Å². The summed E-state index contributed by atoms with van der Waals surface area (Å²) in [5.41, 5.74) is 0.751. The first-order valence-corrected chi connectivity index (χ1v) is 5.67. The van der Waals surface area contributed by atoms with Gasteiger partial charge in [-0.05, 0) is 13.8 Å². The lowest BCUT2D eigenvalue weighted by molar-refractivity contribution is -0.149. The molecule has 18 heavy (non-hydrogen) atoms. The van der Waals surface area contributed by atoms with E-state index in [1.165, 1.54) is 0 Å². The maximum absolute atomic E-state index is 11.4. The second-order valence-corrected chi connectivity index (χ2v) is 4.34. The van der Waals surface area contributed by atoms with Crippen LogP contribution >= 0.6 is 0 Å². The molecule has 0 saturated heterocycles. The molecule has 0 aromatic carbocycles. The molecular weight excluding hydrogens is 236 g/mol. The second kappa shape index (κ2) is 6.14.